The number of carbonyl (C=O) groups is 1. The van der Waals surface area contributed by atoms with Crippen LogP contribution >= 0.6 is 0 Å². The van der Waals surface area contributed by atoms with Crippen LogP contribution in [0.25, 0.3) is 0 Å². The zero-order chi connectivity index (χ0) is 22.9. The van der Waals surface area contributed by atoms with E-state index in [0.29, 0.717) is 18.7 Å². The van der Waals surface area contributed by atoms with Crippen molar-refractivity contribution in [3.63, 3.8) is 0 Å². The fourth-order valence-corrected chi connectivity index (χ4v) is 5.76. The van der Waals surface area contributed by atoms with Gasteiger partial charge in [-0.05, 0) is 61.9 Å². The monoisotopic (exact) mass is 449 g/mol. The van der Waals surface area contributed by atoms with Crippen molar-refractivity contribution >= 4 is 11.7 Å². The first kappa shape index (κ1) is 22.4. The van der Waals surface area contributed by atoms with Gasteiger partial charge in [0.25, 0.3) is 5.91 Å². The minimum Gasteiger partial charge on any atom is -0.385 e. The molecule has 1 N–H and O–H groups in total. The quantitative estimate of drug-likeness (QED) is 0.760. The Morgan fingerprint density at radius 1 is 1.09 bits per heavy atom. The lowest BCUT2D eigenvalue weighted by Gasteiger charge is -2.50. The van der Waals surface area contributed by atoms with Gasteiger partial charge in [0.15, 0.2) is 0 Å². The highest BCUT2D eigenvalue weighted by Gasteiger charge is 2.44. The second kappa shape index (κ2) is 9.07. The third-order valence-electron chi connectivity index (χ3n) is 7.81. The average Bonchev–Trinajstić information content (AvgIpc) is 3.32. The predicted octanol–water partition coefficient (Wildman–Crippen LogP) is 4.13. The molecule has 5 rings (SSSR count). The van der Waals surface area contributed by atoms with Crippen LogP contribution in [0.3, 0.4) is 0 Å². The Morgan fingerprint density at radius 2 is 1.82 bits per heavy atom. The van der Waals surface area contributed by atoms with Crippen LogP contribution in [-0.2, 0) is 10.3 Å². The maximum atomic E-state index is 13.2. The molecule has 3 heterocycles. The molecule has 0 bridgehead atoms. The second-order valence-electron chi connectivity index (χ2n) is 10.0. The Morgan fingerprint density at radius 3 is 2.45 bits per heavy atom. The Kier molecular flexibility index (Phi) is 6.14. The minimum atomic E-state index is -0.716. The molecule has 1 saturated carbocycles. The van der Waals surface area contributed by atoms with E-state index < -0.39 is 5.60 Å². The molecule has 2 aliphatic heterocycles. The topological polar surface area (TPSA) is 65.9 Å². The van der Waals surface area contributed by atoms with Gasteiger partial charge in [-0.15, -0.1) is 0 Å². The van der Waals surface area contributed by atoms with Gasteiger partial charge in [-0.3, -0.25) is 4.79 Å². The standard InChI is InChI=1S/C27H35N3O3/c1-2-23-19-30(24-7-3-6-16-28-24)20-26(33-23)14-17-29(18-15-26)25(31)21-8-10-22(11-9-21)27(32)12-4-5-13-27/h3,6-11,16,23,32H,2,4-5,12-15,17-20H2,1H3. The summed E-state index contributed by atoms with van der Waals surface area (Å²) in [6, 6.07) is 13.7. The fourth-order valence-electron chi connectivity index (χ4n) is 5.76. The van der Waals surface area contributed by atoms with Crippen LogP contribution in [-0.4, -0.2) is 58.8 Å². The van der Waals surface area contributed by atoms with Crippen LogP contribution in [0.15, 0.2) is 48.7 Å². The number of piperidine rings is 1. The van der Waals surface area contributed by atoms with E-state index in [2.05, 4.69) is 22.9 Å². The summed E-state index contributed by atoms with van der Waals surface area (Å²) in [5, 5.41) is 10.8. The number of morpholine rings is 1. The lowest BCUT2D eigenvalue weighted by molar-refractivity contribution is -0.130. The van der Waals surface area contributed by atoms with Crippen LogP contribution < -0.4 is 4.90 Å². The number of anilines is 1. The summed E-state index contributed by atoms with van der Waals surface area (Å²) in [5.74, 6) is 1.07. The average molecular weight is 450 g/mol. The van der Waals surface area contributed by atoms with Gasteiger partial charge < -0.3 is 19.6 Å². The van der Waals surface area contributed by atoms with Crippen molar-refractivity contribution in [3.05, 3.63) is 59.8 Å². The molecule has 1 spiro atoms. The summed E-state index contributed by atoms with van der Waals surface area (Å²) in [7, 11) is 0. The smallest absolute Gasteiger partial charge is 0.253 e. The highest BCUT2D eigenvalue weighted by atomic mass is 16.5. The van der Waals surface area contributed by atoms with E-state index in [-0.39, 0.29) is 17.6 Å². The zero-order valence-corrected chi connectivity index (χ0v) is 19.6. The molecular formula is C27H35N3O3. The van der Waals surface area contributed by atoms with Crippen molar-refractivity contribution in [3.8, 4) is 0 Å². The molecule has 3 fully saturated rings. The predicted molar refractivity (Wildman–Crippen MR) is 128 cm³/mol. The number of hydrogen-bond acceptors (Lipinski definition) is 5. The van der Waals surface area contributed by atoms with Gasteiger partial charge in [0, 0.05) is 37.9 Å². The largest absolute Gasteiger partial charge is 0.385 e. The van der Waals surface area contributed by atoms with Crippen LogP contribution in [0.4, 0.5) is 5.82 Å². The molecule has 6 heteroatoms. The molecule has 0 radical (unpaired) electrons. The van der Waals surface area contributed by atoms with E-state index in [1.807, 2.05) is 47.5 Å². The fraction of sp³-hybridized carbons (Fsp3) is 0.556. The number of hydrogen-bond donors (Lipinski definition) is 1. The minimum absolute atomic E-state index is 0.0687. The van der Waals surface area contributed by atoms with Crippen molar-refractivity contribution in [2.24, 2.45) is 0 Å². The third-order valence-corrected chi connectivity index (χ3v) is 7.81. The molecule has 33 heavy (non-hydrogen) atoms. The highest BCUT2D eigenvalue weighted by Crippen LogP contribution is 2.39. The molecule has 1 aromatic heterocycles. The summed E-state index contributed by atoms with van der Waals surface area (Å²) >= 11 is 0. The van der Waals surface area contributed by atoms with Crippen molar-refractivity contribution in [1.82, 2.24) is 9.88 Å². The molecule has 1 atom stereocenters. The van der Waals surface area contributed by atoms with Gasteiger partial charge in [-0.25, -0.2) is 4.98 Å². The van der Waals surface area contributed by atoms with Crippen molar-refractivity contribution in [2.45, 2.75) is 69.2 Å². The maximum Gasteiger partial charge on any atom is 0.253 e. The molecule has 2 saturated heterocycles. The van der Waals surface area contributed by atoms with E-state index in [1.165, 1.54) is 0 Å². The Bertz CT molecular complexity index is 948. The molecule has 2 aromatic rings. The lowest BCUT2D eigenvalue weighted by Crippen LogP contribution is -2.60. The molecule has 1 aliphatic carbocycles. The van der Waals surface area contributed by atoms with Crippen LogP contribution in [0, 0.1) is 0 Å². The normalized spacial score (nSPS) is 24.2. The number of carbonyl (C=O) groups excluding carboxylic acids is 1. The lowest BCUT2D eigenvalue weighted by atomic mass is 9.87. The number of pyridine rings is 1. The Hall–Kier alpha value is -2.44. The SMILES string of the molecule is CCC1CN(c2ccccn2)CC2(CCN(C(=O)c3ccc(C4(O)CCCC4)cc3)CC2)O1. The van der Waals surface area contributed by atoms with E-state index >= 15 is 0 Å². The highest BCUT2D eigenvalue weighted by molar-refractivity contribution is 5.94. The number of rotatable bonds is 4. The van der Waals surface area contributed by atoms with Crippen LogP contribution in [0.1, 0.15) is 67.8 Å². The van der Waals surface area contributed by atoms with Gasteiger partial charge in [-0.2, -0.15) is 0 Å². The molecule has 1 unspecified atom stereocenters. The van der Waals surface area contributed by atoms with Gasteiger partial charge in [0.05, 0.1) is 17.3 Å². The molecule has 1 amide bonds. The Labute approximate surface area is 196 Å². The number of aromatic nitrogens is 1. The molecule has 3 aliphatic rings. The summed E-state index contributed by atoms with van der Waals surface area (Å²) < 4.78 is 6.60. The zero-order valence-electron chi connectivity index (χ0n) is 19.6. The number of likely N-dealkylation sites (tertiary alicyclic amines) is 1. The molecule has 6 nitrogen and oxygen atoms in total. The number of aliphatic hydroxyl groups is 1. The van der Waals surface area contributed by atoms with Crippen molar-refractivity contribution < 1.29 is 14.6 Å². The molecule has 176 valence electrons. The Balaban J connectivity index is 1.24. The maximum absolute atomic E-state index is 13.2. The van der Waals surface area contributed by atoms with Gasteiger partial charge in [0.2, 0.25) is 0 Å². The summed E-state index contributed by atoms with van der Waals surface area (Å²) in [5.41, 5.74) is 0.683. The summed E-state index contributed by atoms with van der Waals surface area (Å²) in [6.45, 7) is 5.23. The second-order valence-corrected chi connectivity index (χ2v) is 10.0. The first-order chi connectivity index (χ1) is 16.0. The van der Waals surface area contributed by atoms with Gasteiger partial charge >= 0.3 is 0 Å². The van der Waals surface area contributed by atoms with E-state index in [0.717, 1.165) is 69.4 Å². The first-order valence-electron chi connectivity index (χ1n) is 12.5. The molecule has 1 aromatic carbocycles. The van der Waals surface area contributed by atoms with Gasteiger partial charge in [-0.1, -0.05) is 38.0 Å². The van der Waals surface area contributed by atoms with E-state index in [9.17, 15) is 9.90 Å². The molecular weight excluding hydrogens is 414 g/mol. The van der Waals surface area contributed by atoms with Crippen molar-refractivity contribution in [2.75, 3.05) is 31.1 Å². The number of ether oxygens (including phenoxy) is 1. The van der Waals surface area contributed by atoms with Gasteiger partial charge in [0.1, 0.15) is 5.82 Å². The van der Waals surface area contributed by atoms with Crippen molar-refractivity contribution in [1.29, 1.82) is 0 Å². The third kappa shape index (κ3) is 4.51. The van der Waals surface area contributed by atoms with Crippen LogP contribution in [0.2, 0.25) is 0 Å². The number of amides is 1. The summed E-state index contributed by atoms with van der Waals surface area (Å²) in [6.07, 6.45) is 8.38. The first-order valence-corrected chi connectivity index (χ1v) is 12.5. The number of nitrogens with zero attached hydrogens (tertiary/aromatic N) is 3. The van der Waals surface area contributed by atoms with E-state index in [4.69, 9.17) is 4.74 Å². The summed E-state index contributed by atoms with van der Waals surface area (Å²) in [4.78, 5) is 22.1. The van der Waals surface area contributed by atoms with Crippen LogP contribution in [0.5, 0.6) is 0 Å². The number of benzene rings is 1. The van der Waals surface area contributed by atoms with E-state index in [1.54, 1.807) is 0 Å².